The second kappa shape index (κ2) is 8.32. The molecule has 134 valence electrons. The van der Waals surface area contributed by atoms with Gasteiger partial charge in [0.2, 0.25) is 0 Å². The first-order chi connectivity index (χ1) is 10.5. The van der Waals surface area contributed by atoms with E-state index in [1.807, 2.05) is 20.8 Å². The quantitative estimate of drug-likeness (QED) is 0.581. The van der Waals surface area contributed by atoms with Crippen LogP contribution in [-0.2, 0) is 9.53 Å². The van der Waals surface area contributed by atoms with E-state index in [1.54, 1.807) is 0 Å². The molecule has 0 spiro atoms. The van der Waals surface area contributed by atoms with Crippen molar-refractivity contribution in [2.75, 3.05) is 0 Å². The van der Waals surface area contributed by atoms with Crippen LogP contribution in [0.15, 0.2) is 12.7 Å². The fraction of sp³-hybridized carbons (Fsp3) is 0.850. The lowest BCUT2D eigenvalue weighted by molar-refractivity contribution is -0.155. The second-order valence-electron chi connectivity index (χ2n) is 8.78. The van der Waals surface area contributed by atoms with Crippen LogP contribution < -0.4 is 5.73 Å². The van der Waals surface area contributed by atoms with Gasteiger partial charge in [0.25, 0.3) is 0 Å². The fourth-order valence-electron chi connectivity index (χ4n) is 4.06. The first kappa shape index (κ1) is 20.2. The van der Waals surface area contributed by atoms with Gasteiger partial charge < -0.3 is 10.5 Å². The van der Waals surface area contributed by atoms with Crippen molar-refractivity contribution in [2.24, 2.45) is 23.5 Å². The standard InChI is InChI=1S/C20H37NO2/c1-7-17-15(2)14-20(6,21)13-9-11-16(17)10-8-12-18(22)23-19(3,4)5/h7,15-17H,1,8-14,21H2,2-6H3/t15-,16?,17-,20-/m0/s1. The van der Waals surface area contributed by atoms with Crippen LogP contribution in [0.1, 0.15) is 79.6 Å². The summed E-state index contributed by atoms with van der Waals surface area (Å²) in [5, 5.41) is 0. The van der Waals surface area contributed by atoms with Gasteiger partial charge in [0.1, 0.15) is 5.60 Å². The van der Waals surface area contributed by atoms with Crippen molar-refractivity contribution >= 4 is 5.97 Å². The highest BCUT2D eigenvalue weighted by atomic mass is 16.6. The molecular formula is C20H37NO2. The first-order valence-corrected chi connectivity index (χ1v) is 9.17. The number of carbonyl (C=O) groups excluding carboxylic acids is 1. The van der Waals surface area contributed by atoms with E-state index in [4.69, 9.17) is 10.5 Å². The maximum absolute atomic E-state index is 11.9. The van der Waals surface area contributed by atoms with Gasteiger partial charge in [-0.3, -0.25) is 4.79 Å². The molecule has 0 aromatic carbocycles. The average Bonchev–Trinajstić information content (AvgIpc) is 2.34. The zero-order valence-electron chi connectivity index (χ0n) is 15.9. The molecule has 0 radical (unpaired) electrons. The molecule has 1 aliphatic rings. The molecule has 1 unspecified atom stereocenters. The van der Waals surface area contributed by atoms with E-state index in [1.165, 1.54) is 12.8 Å². The van der Waals surface area contributed by atoms with Crippen molar-refractivity contribution in [3.63, 3.8) is 0 Å². The number of hydrogen-bond acceptors (Lipinski definition) is 3. The predicted octanol–water partition coefficient (Wildman–Crippen LogP) is 4.84. The summed E-state index contributed by atoms with van der Waals surface area (Å²) < 4.78 is 5.40. The zero-order valence-corrected chi connectivity index (χ0v) is 15.9. The predicted molar refractivity (Wildman–Crippen MR) is 97.1 cm³/mol. The van der Waals surface area contributed by atoms with E-state index >= 15 is 0 Å². The summed E-state index contributed by atoms with van der Waals surface area (Å²) in [5.74, 6) is 1.58. The summed E-state index contributed by atoms with van der Waals surface area (Å²) in [4.78, 5) is 11.9. The third kappa shape index (κ3) is 7.52. The number of esters is 1. The largest absolute Gasteiger partial charge is 0.460 e. The molecule has 1 saturated carbocycles. The van der Waals surface area contributed by atoms with E-state index in [0.29, 0.717) is 24.2 Å². The smallest absolute Gasteiger partial charge is 0.306 e. The minimum atomic E-state index is -0.388. The molecule has 0 aromatic rings. The fourth-order valence-corrected chi connectivity index (χ4v) is 4.06. The molecule has 0 amide bonds. The Morgan fingerprint density at radius 2 is 2.09 bits per heavy atom. The van der Waals surface area contributed by atoms with Gasteiger partial charge >= 0.3 is 5.97 Å². The summed E-state index contributed by atoms with van der Waals surface area (Å²) in [6, 6.07) is 0. The SMILES string of the molecule is C=C[C@@H]1C(CCCC(=O)OC(C)(C)C)CCC[C@](C)(N)C[C@@H]1C. The Bertz CT molecular complexity index is 395. The Hall–Kier alpha value is -0.830. The van der Waals surface area contributed by atoms with Gasteiger partial charge in [0.15, 0.2) is 0 Å². The van der Waals surface area contributed by atoms with Gasteiger partial charge in [-0.1, -0.05) is 19.4 Å². The molecule has 0 saturated heterocycles. The molecule has 0 aliphatic heterocycles. The van der Waals surface area contributed by atoms with Gasteiger partial charge in [-0.2, -0.15) is 0 Å². The van der Waals surface area contributed by atoms with Crippen LogP contribution in [0.25, 0.3) is 0 Å². The Labute approximate surface area is 143 Å². The molecule has 4 atom stereocenters. The number of nitrogens with two attached hydrogens (primary N) is 1. The molecule has 0 aromatic heterocycles. The second-order valence-corrected chi connectivity index (χ2v) is 8.78. The van der Waals surface area contributed by atoms with Crippen LogP contribution in [0.4, 0.5) is 0 Å². The Balaban J connectivity index is 2.53. The minimum absolute atomic E-state index is 0.0534. The molecule has 1 fully saturated rings. The van der Waals surface area contributed by atoms with Gasteiger partial charge in [0, 0.05) is 12.0 Å². The topological polar surface area (TPSA) is 52.3 Å². The number of rotatable bonds is 5. The van der Waals surface area contributed by atoms with Crippen LogP contribution in [-0.4, -0.2) is 17.1 Å². The minimum Gasteiger partial charge on any atom is -0.460 e. The zero-order chi connectivity index (χ0) is 17.7. The molecule has 2 N–H and O–H groups in total. The molecular weight excluding hydrogens is 286 g/mol. The van der Waals surface area contributed by atoms with E-state index in [2.05, 4.69) is 26.5 Å². The highest BCUT2D eigenvalue weighted by molar-refractivity contribution is 5.69. The van der Waals surface area contributed by atoms with E-state index < -0.39 is 0 Å². The van der Waals surface area contributed by atoms with Crippen LogP contribution in [0, 0.1) is 17.8 Å². The van der Waals surface area contributed by atoms with Gasteiger partial charge in [-0.15, -0.1) is 6.58 Å². The van der Waals surface area contributed by atoms with Crippen molar-refractivity contribution in [3.05, 3.63) is 12.7 Å². The third-order valence-electron chi connectivity index (χ3n) is 4.96. The van der Waals surface area contributed by atoms with Crippen molar-refractivity contribution in [1.29, 1.82) is 0 Å². The number of ether oxygens (including phenoxy) is 1. The summed E-state index contributed by atoms with van der Waals surface area (Å²) >= 11 is 0. The van der Waals surface area contributed by atoms with Gasteiger partial charge in [-0.25, -0.2) is 0 Å². The van der Waals surface area contributed by atoms with E-state index in [9.17, 15) is 4.79 Å². The maximum Gasteiger partial charge on any atom is 0.306 e. The summed E-state index contributed by atoms with van der Waals surface area (Å²) in [6.07, 6.45) is 9.09. The van der Waals surface area contributed by atoms with Crippen molar-refractivity contribution in [2.45, 2.75) is 90.7 Å². The van der Waals surface area contributed by atoms with Crippen molar-refractivity contribution < 1.29 is 9.53 Å². The summed E-state index contributed by atoms with van der Waals surface area (Å²) in [7, 11) is 0. The molecule has 3 nitrogen and oxygen atoms in total. The molecule has 0 bridgehead atoms. The molecule has 1 rings (SSSR count). The number of allylic oxidation sites excluding steroid dienone is 1. The highest BCUT2D eigenvalue weighted by Crippen LogP contribution is 2.38. The monoisotopic (exact) mass is 323 g/mol. The van der Waals surface area contributed by atoms with Crippen molar-refractivity contribution in [3.8, 4) is 0 Å². The Kier molecular flexibility index (Phi) is 7.31. The highest BCUT2D eigenvalue weighted by Gasteiger charge is 2.32. The number of carbonyl (C=O) groups is 1. The van der Waals surface area contributed by atoms with E-state index in [0.717, 1.165) is 25.7 Å². The first-order valence-electron chi connectivity index (χ1n) is 9.17. The van der Waals surface area contributed by atoms with Gasteiger partial charge in [-0.05, 0) is 77.6 Å². The molecule has 3 heteroatoms. The average molecular weight is 324 g/mol. The lowest BCUT2D eigenvalue weighted by Crippen LogP contribution is -2.41. The lowest BCUT2D eigenvalue weighted by atomic mass is 9.69. The Morgan fingerprint density at radius 3 is 2.65 bits per heavy atom. The molecule has 23 heavy (non-hydrogen) atoms. The van der Waals surface area contributed by atoms with Crippen LogP contribution in [0.5, 0.6) is 0 Å². The lowest BCUT2D eigenvalue weighted by Gasteiger charge is -2.38. The normalized spacial score (nSPS) is 32.7. The summed E-state index contributed by atoms with van der Waals surface area (Å²) in [5.41, 5.74) is 5.96. The van der Waals surface area contributed by atoms with Crippen LogP contribution >= 0.6 is 0 Å². The third-order valence-corrected chi connectivity index (χ3v) is 4.96. The Morgan fingerprint density at radius 1 is 1.43 bits per heavy atom. The summed E-state index contributed by atoms with van der Waals surface area (Å²) in [6.45, 7) is 14.3. The van der Waals surface area contributed by atoms with Crippen LogP contribution in [0.2, 0.25) is 0 Å². The van der Waals surface area contributed by atoms with E-state index in [-0.39, 0.29) is 17.1 Å². The van der Waals surface area contributed by atoms with Crippen LogP contribution in [0.3, 0.4) is 0 Å². The van der Waals surface area contributed by atoms with Crippen molar-refractivity contribution in [1.82, 2.24) is 0 Å². The van der Waals surface area contributed by atoms with Gasteiger partial charge in [0.05, 0.1) is 0 Å². The maximum atomic E-state index is 11.9. The number of hydrogen-bond donors (Lipinski definition) is 1. The molecule has 0 heterocycles. The molecule has 1 aliphatic carbocycles.